The van der Waals surface area contributed by atoms with Crippen LogP contribution in [0.25, 0.3) is 0 Å². The highest BCUT2D eigenvalue weighted by Crippen LogP contribution is 2.39. The highest BCUT2D eigenvalue weighted by Gasteiger charge is 2.26. The maximum Gasteiger partial charge on any atom is -0.0129 e. The van der Waals surface area contributed by atoms with Gasteiger partial charge in [0.15, 0.2) is 0 Å². The molecule has 0 aromatic heterocycles. The number of hydrogen-bond acceptors (Lipinski definition) is 0. The minimum absolute atomic E-state index is 0.265. The second-order valence-corrected chi connectivity index (χ2v) is 9.20. The molecule has 0 unspecified atom stereocenters. The van der Waals surface area contributed by atoms with Crippen molar-refractivity contribution >= 4 is 0 Å². The number of benzene rings is 1. The van der Waals surface area contributed by atoms with Crippen molar-refractivity contribution in [1.82, 2.24) is 0 Å². The Balaban J connectivity index is 0.000000235. The first-order valence-electron chi connectivity index (χ1n) is 8.60. The largest absolute Gasteiger partial charge is 0.0620 e. The Morgan fingerprint density at radius 3 is 1.76 bits per heavy atom. The third kappa shape index (κ3) is 7.16. The average molecular weight is 289 g/mol. The lowest BCUT2D eigenvalue weighted by atomic mass is 9.81. The molecule has 1 saturated carbocycles. The molecule has 0 bridgehead atoms. The second kappa shape index (κ2) is 6.99. The molecule has 0 saturated heterocycles. The Morgan fingerprint density at radius 2 is 1.48 bits per heavy atom. The summed E-state index contributed by atoms with van der Waals surface area (Å²) < 4.78 is 0. The molecule has 0 N–H and O–H groups in total. The van der Waals surface area contributed by atoms with Crippen LogP contribution in [0.5, 0.6) is 0 Å². The van der Waals surface area contributed by atoms with E-state index < -0.39 is 0 Å². The van der Waals surface area contributed by atoms with E-state index in [1.54, 1.807) is 0 Å². The predicted octanol–water partition coefficient (Wildman–Crippen LogP) is 6.94. The molecular formula is C21H36. The lowest BCUT2D eigenvalue weighted by Gasteiger charge is -2.24. The van der Waals surface area contributed by atoms with Gasteiger partial charge in [0.05, 0.1) is 0 Å². The summed E-state index contributed by atoms with van der Waals surface area (Å²) in [6.45, 7) is 18.3. The van der Waals surface area contributed by atoms with Crippen LogP contribution >= 0.6 is 0 Å². The summed E-state index contributed by atoms with van der Waals surface area (Å²) in [5.41, 5.74) is 3.81. The van der Waals surface area contributed by atoms with Gasteiger partial charge >= 0.3 is 0 Å². The summed E-state index contributed by atoms with van der Waals surface area (Å²) >= 11 is 0. The topological polar surface area (TPSA) is 0 Å². The van der Waals surface area contributed by atoms with Gasteiger partial charge in [-0.3, -0.25) is 0 Å². The van der Waals surface area contributed by atoms with E-state index in [1.165, 1.54) is 30.4 Å². The SMILES string of the molecule is CC(C)(C)CC1CC1.CC(C)c1ccccc1C(C)(C)C. The first-order valence-corrected chi connectivity index (χ1v) is 8.60. The first-order chi connectivity index (χ1) is 9.50. The van der Waals surface area contributed by atoms with E-state index in [1.807, 2.05) is 0 Å². The van der Waals surface area contributed by atoms with Crippen molar-refractivity contribution in [3.05, 3.63) is 35.4 Å². The van der Waals surface area contributed by atoms with E-state index in [9.17, 15) is 0 Å². The molecule has 0 spiro atoms. The minimum Gasteiger partial charge on any atom is -0.0620 e. The molecule has 21 heavy (non-hydrogen) atoms. The van der Waals surface area contributed by atoms with E-state index in [4.69, 9.17) is 0 Å². The molecule has 0 amide bonds. The Labute approximate surface area is 133 Å². The van der Waals surface area contributed by atoms with Crippen molar-refractivity contribution in [3.63, 3.8) is 0 Å². The van der Waals surface area contributed by atoms with Crippen molar-refractivity contribution in [3.8, 4) is 0 Å². The van der Waals surface area contributed by atoms with E-state index in [0.29, 0.717) is 11.3 Å². The van der Waals surface area contributed by atoms with Gasteiger partial charge in [0, 0.05) is 0 Å². The van der Waals surface area contributed by atoms with Crippen LogP contribution in [0.4, 0.5) is 0 Å². The van der Waals surface area contributed by atoms with Gasteiger partial charge in [-0.2, -0.15) is 0 Å². The Kier molecular flexibility index (Phi) is 6.08. The highest BCUT2D eigenvalue weighted by atomic mass is 14.3. The van der Waals surface area contributed by atoms with Gasteiger partial charge in [-0.15, -0.1) is 0 Å². The van der Waals surface area contributed by atoms with E-state index in [0.717, 1.165) is 5.92 Å². The van der Waals surface area contributed by atoms with Gasteiger partial charge in [-0.25, -0.2) is 0 Å². The van der Waals surface area contributed by atoms with Crippen LogP contribution in [0.2, 0.25) is 0 Å². The molecule has 120 valence electrons. The Bertz CT molecular complexity index is 422. The van der Waals surface area contributed by atoms with Gasteiger partial charge in [0.25, 0.3) is 0 Å². The molecule has 0 atom stereocenters. The summed E-state index contributed by atoms with van der Waals surface area (Å²) in [5, 5.41) is 0. The van der Waals surface area contributed by atoms with Crippen LogP contribution in [0.3, 0.4) is 0 Å². The molecule has 0 radical (unpaired) electrons. The average Bonchev–Trinajstić information content (AvgIpc) is 3.10. The lowest BCUT2D eigenvalue weighted by Crippen LogP contribution is -2.14. The Morgan fingerprint density at radius 1 is 0.952 bits per heavy atom. The zero-order valence-electron chi connectivity index (χ0n) is 15.6. The summed E-state index contributed by atoms with van der Waals surface area (Å²) in [4.78, 5) is 0. The molecular weight excluding hydrogens is 252 g/mol. The molecule has 2 rings (SSSR count). The molecule has 1 aliphatic carbocycles. The third-order valence-electron chi connectivity index (χ3n) is 3.99. The van der Waals surface area contributed by atoms with Crippen LogP contribution < -0.4 is 0 Å². The summed E-state index contributed by atoms with van der Waals surface area (Å²) in [6.07, 6.45) is 4.43. The van der Waals surface area contributed by atoms with E-state index in [-0.39, 0.29) is 5.41 Å². The standard InChI is InChI=1S/C13H20.C8H16/c1-10(2)11-8-6-7-9-12(11)13(3,4)5;1-8(2,3)6-7-4-5-7/h6-10H,1-5H3;7H,4-6H2,1-3H3. The van der Waals surface area contributed by atoms with Crippen LogP contribution in [0, 0.1) is 11.3 Å². The number of hydrogen-bond donors (Lipinski definition) is 0. The zero-order chi connectivity index (χ0) is 16.3. The molecule has 1 fully saturated rings. The smallest absolute Gasteiger partial charge is 0.0129 e. The monoisotopic (exact) mass is 288 g/mol. The molecule has 0 aliphatic heterocycles. The van der Waals surface area contributed by atoms with E-state index >= 15 is 0 Å². The highest BCUT2D eigenvalue weighted by molar-refractivity contribution is 5.34. The summed E-state index contributed by atoms with van der Waals surface area (Å²) in [6, 6.07) is 8.75. The van der Waals surface area contributed by atoms with Gasteiger partial charge in [0.2, 0.25) is 0 Å². The zero-order valence-corrected chi connectivity index (χ0v) is 15.6. The van der Waals surface area contributed by atoms with Crippen molar-refractivity contribution < 1.29 is 0 Å². The van der Waals surface area contributed by atoms with Gasteiger partial charge in [0.1, 0.15) is 0 Å². The maximum absolute atomic E-state index is 2.32. The van der Waals surface area contributed by atoms with Crippen molar-refractivity contribution in [2.75, 3.05) is 0 Å². The van der Waals surface area contributed by atoms with Crippen LogP contribution in [0.15, 0.2) is 24.3 Å². The molecule has 1 aliphatic rings. The maximum atomic E-state index is 2.32. The normalized spacial score (nSPS) is 15.7. The summed E-state index contributed by atoms with van der Waals surface area (Å²) in [5.74, 6) is 1.71. The van der Waals surface area contributed by atoms with Crippen molar-refractivity contribution in [2.45, 2.75) is 86.0 Å². The molecule has 0 heterocycles. The van der Waals surface area contributed by atoms with Crippen LogP contribution in [0.1, 0.15) is 91.7 Å². The predicted molar refractivity (Wildman–Crippen MR) is 96.0 cm³/mol. The third-order valence-corrected chi connectivity index (χ3v) is 3.99. The quantitative estimate of drug-likeness (QED) is 0.553. The fraction of sp³-hybridized carbons (Fsp3) is 0.714. The Hall–Kier alpha value is -0.780. The van der Waals surface area contributed by atoms with Crippen molar-refractivity contribution in [2.24, 2.45) is 11.3 Å². The van der Waals surface area contributed by atoms with Gasteiger partial charge < -0.3 is 0 Å². The van der Waals surface area contributed by atoms with Crippen molar-refractivity contribution in [1.29, 1.82) is 0 Å². The summed E-state index contributed by atoms with van der Waals surface area (Å²) in [7, 11) is 0. The molecule has 1 aromatic rings. The molecule has 0 heteroatoms. The van der Waals surface area contributed by atoms with Crippen LogP contribution in [-0.4, -0.2) is 0 Å². The molecule has 0 nitrogen and oxygen atoms in total. The van der Waals surface area contributed by atoms with Gasteiger partial charge in [-0.05, 0) is 40.2 Å². The van der Waals surface area contributed by atoms with Gasteiger partial charge in [-0.1, -0.05) is 92.5 Å². The minimum atomic E-state index is 0.265. The fourth-order valence-corrected chi connectivity index (χ4v) is 2.87. The lowest BCUT2D eigenvalue weighted by molar-refractivity contribution is 0.354. The fourth-order valence-electron chi connectivity index (χ4n) is 2.87. The first kappa shape index (κ1) is 18.3. The second-order valence-electron chi connectivity index (χ2n) is 9.20. The number of rotatable bonds is 2. The van der Waals surface area contributed by atoms with E-state index in [2.05, 4.69) is 79.7 Å². The molecule has 1 aromatic carbocycles. The van der Waals surface area contributed by atoms with Crippen LogP contribution in [-0.2, 0) is 5.41 Å².